The maximum Gasteiger partial charge on any atom is 0.299 e. The monoisotopic (exact) mass is 405 g/mol. The largest absolute Gasteiger partial charge is 0.382 e. The number of aromatic nitrogens is 3. The maximum atomic E-state index is 13.0. The summed E-state index contributed by atoms with van der Waals surface area (Å²) >= 11 is 0. The summed E-state index contributed by atoms with van der Waals surface area (Å²) in [6, 6.07) is 11.7. The summed E-state index contributed by atoms with van der Waals surface area (Å²) in [7, 11) is 3.96. The molecule has 2 N–H and O–H groups in total. The molecule has 1 aliphatic heterocycles. The Morgan fingerprint density at radius 1 is 1.13 bits per heavy atom. The second kappa shape index (κ2) is 8.23. The second-order valence-electron chi connectivity index (χ2n) is 7.78. The molecule has 0 saturated carbocycles. The van der Waals surface area contributed by atoms with Crippen LogP contribution in [0.25, 0.3) is 5.69 Å². The predicted octanol–water partition coefficient (Wildman–Crippen LogP) is 4.03. The topological polar surface area (TPSA) is 93.8 Å². The first-order valence-electron chi connectivity index (χ1n) is 10.2. The third-order valence-electron chi connectivity index (χ3n) is 5.86. The average molecular weight is 406 g/mol. The Balaban J connectivity index is 1.69. The molecule has 1 fully saturated rings. The summed E-state index contributed by atoms with van der Waals surface area (Å²) in [5.74, 6) is 0.304. The van der Waals surface area contributed by atoms with Gasteiger partial charge >= 0.3 is 0 Å². The van der Waals surface area contributed by atoms with Crippen molar-refractivity contribution in [3.63, 3.8) is 0 Å². The van der Waals surface area contributed by atoms with Crippen LogP contribution in [0.1, 0.15) is 36.6 Å². The molecule has 2 aromatic heterocycles. The van der Waals surface area contributed by atoms with Crippen molar-refractivity contribution >= 4 is 17.2 Å². The molecule has 1 atom stereocenters. The van der Waals surface area contributed by atoms with Gasteiger partial charge in [-0.1, -0.05) is 24.6 Å². The van der Waals surface area contributed by atoms with Crippen LogP contribution in [0.4, 0.5) is 17.2 Å². The lowest BCUT2D eigenvalue weighted by Crippen LogP contribution is -2.29. The lowest BCUT2D eigenvalue weighted by molar-refractivity contribution is 0.187. The Labute approximate surface area is 175 Å². The quantitative estimate of drug-likeness (QED) is 0.663. The highest BCUT2D eigenvalue weighted by Gasteiger charge is 2.22. The summed E-state index contributed by atoms with van der Waals surface area (Å²) in [5, 5.41) is 8.60. The second-order valence-corrected chi connectivity index (χ2v) is 7.78. The first kappa shape index (κ1) is 20.0. The molecule has 3 heterocycles. The lowest BCUT2D eigenvalue weighted by Gasteiger charge is -2.32. The third-order valence-corrected chi connectivity index (χ3v) is 5.86. The molecule has 0 bridgehead atoms. The van der Waals surface area contributed by atoms with Gasteiger partial charge in [0.05, 0.1) is 11.4 Å². The minimum Gasteiger partial charge on any atom is -0.382 e. The number of likely N-dealkylation sites (tertiary alicyclic amines) is 1. The van der Waals surface area contributed by atoms with Crippen LogP contribution < -0.4 is 11.3 Å². The zero-order valence-electron chi connectivity index (χ0n) is 17.6. The number of anilines is 1. The highest BCUT2D eigenvalue weighted by atomic mass is 16.1. The molecule has 0 radical (unpaired) electrons. The Bertz CT molecular complexity index is 1130. The summed E-state index contributed by atoms with van der Waals surface area (Å²) in [6.07, 6.45) is 5.30. The SMILES string of the molecule is Cc1c(N=Nc2cc(C3CCCCN3C)cnc2N)c(=O)n(-c2ccccc2)n1C. The summed E-state index contributed by atoms with van der Waals surface area (Å²) in [6.45, 7) is 2.92. The number of rotatable bonds is 4. The number of hydrogen-bond acceptors (Lipinski definition) is 6. The van der Waals surface area contributed by atoms with Crippen molar-refractivity contribution in [2.75, 3.05) is 19.3 Å². The fraction of sp³-hybridized carbons (Fsp3) is 0.364. The summed E-state index contributed by atoms with van der Waals surface area (Å²) < 4.78 is 3.36. The van der Waals surface area contributed by atoms with Gasteiger partial charge in [-0.05, 0) is 57.1 Å². The maximum absolute atomic E-state index is 13.0. The fourth-order valence-electron chi connectivity index (χ4n) is 4.01. The molecule has 1 saturated heterocycles. The van der Waals surface area contributed by atoms with E-state index in [9.17, 15) is 4.79 Å². The van der Waals surface area contributed by atoms with Crippen LogP contribution in [-0.4, -0.2) is 32.8 Å². The molecule has 4 rings (SSSR count). The van der Waals surface area contributed by atoms with Crippen LogP contribution in [0.5, 0.6) is 0 Å². The van der Waals surface area contributed by atoms with Crippen LogP contribution in [0.3, 0.4) is 0 Å². The summed E-state index contributed by atoms with van der Waals surface area (Å²) in [4.78, 5) is 19.7. The van der Waals surface area contributed by atoms with Gasteiger partial charge in [0.15, 0.2) is 11.5 Å². The van der Waals surface area contributed by atoms with Crippen LogP contribution >= 0.6 is 0 Å². The van der Waals surface area contributed by atoms with Gasteiger partial charge in [-0.15, -0.1) is 10.2 Å². The van der Waals surface area contributed by atoms with Gasteiger partial charge in [-0.2, -0.15) is 0 Å². The normalized spacial score (nSPS) is 17.6. The zero-order valence-corrected chi connectivity index (χ0v) is 17.6. The Morgan fingerprint density at radius 2 is 1.90 bits per heavy atom. The number of para-hydroxylation sites is 1. The molecule has 0 spiro atoms. The van der Waals surface area contributed by atoms with Gasteiger partial charge in [-0.25, -0.2) is 9.67 Å². The lowest BCUT2D eigenvalue weighted by atomic mass is 9.97. The van der Waals surface area contributed by atoms with E-state index in [4.69, 9.17) is 5.73 Å². The van der Waals surface area contributed by atoms with Gasteiger partial charge in [0, 0.05) is 19.3 Å². The van der Waals surface area contributed by atoms with Crippen LogP contribution in [0.15, 0.2) is 57.6 Å². The van der Waals surface area contributed by atoms with Crippen molar-refractivity contribution in [1.29, 1.82) is 0 Å². The van der Waals surface area contributed by atoms with Crippen molar-refractivity contribution in [2.45, 2.75) is 32.2 Å². The molecule has 1 unspecified atom stereocenters. The van der Waals surface area contributed by atoms with E-state index in [-0.39, 0.29) is 5.56 Å². The van der Waals surface area contributed by atoms with E-state index in [1.807, 2.05) is 56.6 Å². The Morgan fingerprint density at radius 3 is 2.63 bits per heavy atom. The third kappa shape index (κ3) is 3.66. The number of hydrogen-bond donors (Lipinski definition) is 1. The number of piperidine rings is 1. The van der Waals surface area contributed by atoms with E-state index in [0.717, 1.165) is 29.9 Å². The molecule has 30 heavy (non-hydrogen) atoms. The molecular weight excluding hydrogens is 378 g/mol. The molecule has 8 nitrogen and oxygen atoms in total. The highest BCUT2D eigenvalue weighted by molar-refractivity contribution is 5.58. The Kier molecular flexibility index (Phi) is 5.50. The van der Waals surface area contributed by atoms with Crippen molar-refractivity contribution < 1.29 is 0 Å². The molecule has 1 aliphatic rings. The van der Waals surface area contributed by atoms with Gasteiger partial charge in [0.2, 0.25) is 0 Å². The molecule has 0 amide bonds. The number of benzene rings is 1. The van der Waals surface area contributed by atoms with Crippen molar-refractivity contribution in [1.82, 2.24) is 19.2 Å². The van der Waals surface area contributed by atoms with Crippen molar-refractivity contribution in [3.05, 3.63) is 64.2 Å². The van der Waals surface area contributed by atoms with Crippen molar-refractivity contribution in [2.24, 2.45) is 17.3 Å². The number of nitrogens with two attached hydrogens (primary N) is 1. The average Bonchev–Trinajstić information content (AvgIpc) is 2.97. The van der Waals surface area contributed by atoms with Crippen molar-refractivity contribution in [3.8, 4) is 5.69 Å². The minimum absolute atomic E-state index is 0.223. The van der Waals surface area contributed by atoms with Crippen LogP contribution in [0, 0.1) is 6.92 Å². The molecular formula is C22H27N7O. The number of nitrogen functional groups attached to an aromatic ring is 1. The number of azo groups is 1. The van der Waals surface area contributed by atoms with Gasteiger partial charge in [0.25, 0.3) is 5.56 Å². The van der Waals surface area contributed by atoms with E-state index in [0.29, 0.717) is 23.2 Å². The number of pyridine rings is 1. The molecule has 1 aromatic carbocycles. The summed E-state index contributed by atoms with van der Waals surface area (Å²) in [5.41, 5.74) is 9.19. The fourth-order valence-corrected chi connectivity index (χ4v) is 4.01. The smallest absolute Gasteiger partial charge is 0.299 e. The standard InChI is InChI=1S/C22H27N7O/c1-15-20(22(30)29(28(15)3)17-9-5-4-6-10-17)26-25-18-13-16(14-24-21(18)23)19-11-7-8-12-27(19)2/h4-6,9-10,13-14,19H,7-8,11-12H2,1-3H3,(H2,23,24). The minimum atomic E-state index is -0.223. The predicted molar refractivity (Wildman–Crippen MR) is 118 cm³/mol. The first-order valence-corrected chi connectivity index (χ1v) is 10.2. The van der Waals surface area contributed by atoms with E-state index < -0.39 is 0 Å². The van der Waals surface area contributed by atoms with Crippen LogP contribution in [-0.2, 0) is 7.05 Å². The van der Waals surface area contributed by atoms with E-state index in [1.54, 1.807) is 9.36 Å². The van der Waals surface area contributed by atoms with Gasteiger partial charge in [-0.3, -0.25) is 14.4 Å². The Hall–Kier alpha value is -3.26. The van der Waals surface area contributed by atoms with E-state index >= 15 is 0 Å². The molecule has 3 aromatic rings. The first-order chi connectivity index (χ1) is 14.5. The van der Waals surface area contributed by atoms with E-state index in [2.05, 4.69) is 27.2 Å². The molecule has 0 aliphatic carbocycles. The highest BCUT2D eigenvalue weighted by Crippen LogP contribution is 2.33. The van der Waals surface area contributed by atoms with E-state index in [1.165, 1.54) is 12.8 Å². The zero-order chi connectivity index (χ0) is 21.3. The van der Waals surface area contributed by atoms with Gasteiger partial charge < -0.3 is 5.73 Å². The van der Waals surface area contributed by atoms with Crippen LogP contribution in [0.2, 0.25) is 0 Å². The number of nitrogens with zero attached hydrogens (tertiary/aromatic N) is 6. The van der Waals surface area contributed by atoms with Gasteiger partial charge in [0.1, 0.15) is 5.69 Å². The molecule has 156 valence electrons. The molecule has 8 heteroatoms.